The highest BCUT2D eigenvalue weighted by Gasteiger charge is 2.12. The van der Waals surface area contributed by atoms with Gasteiger partial charge in [0, 0.05) is 11.8 Å². The van der Waals surface area contributed by atoms with Crippen LogP contribution in [0.15, 0.2) is 36.4 Å². The van der Waals surface area contributed by atoms with Gasteiger partial charge in [0.1, 0.15) is 5.75 Å². The molecule has 0 radical (unpaired) electrons. The second-order valence-electron chi connectivity index (χ2n) is 5.02. The summed E-state index contributed by atoms with van der Waals surface area (Å²) in [5.74, 6) is 0.0862. The molecule has 0 aliphatic heterocycles. The summed E-state index contributed by atoms with van der Waals surface area (Å²) < 4.78 is 5.28. The normalized spacial score (nSPS) is 12.3. The lowest BCUT2D eigenvalue weighted by Gasteiger charge is -2.11. The van der Waals surface area contributed by atoms with E-state index in [0.29, 0.717) is 13.0 Å². The summed E-state index contributed by atoms with van der Waals surface area (Å²) in [5.41, 5.74) is 1.08. The van der Waals surface area contributed by atoms with Crippen molar-refractivity contribution < 1.29 is 14.6 Å². The third-order valence-corrected chi connectivity index (χ3v) is 3.62. The number of aromatic hydroxyl groups is 1. The van der Waals surface area contributed by atoms with Crippen molar-refractivity contribution in [2.24, 2.45) is 5.92 Å². The SMILES string of the molecule is CCC(C)C(=O)OCCc1ccc(O)c2ccccc12. The summed E-state index contributed by atoms with van der Waals surface area (Å²) in [6.07, 6.45) is 1.45. The summed E-state index contributed by atoms with van der Waals surface area (Å²) in [6, 6.07) is 11.3. The molecular formula is C17H20O3. The number of rotatable bonds is 5. The first kappa shape index (κ1) is 14.4. The third-order valence-electron chi connectivity index (χ3n) is 3.62. The molecule has 1 atom stereocenters. The Balaban J connectivity index is 2.07. The van der Waals surface area contributed by atoms with E-state index < -0.39 is 0 Å². The van der Waals surface area contributed by atoms with E-state index in [4.69, 9.17) is 4.74 Å². The van der Waals surface area contributed by atoms with Crippen LogP contribution in [-0.4, -0.2) is 17.7 Å². The smallest absolute Gasteiger partial charge is 0.308 e. The minimum atomic E-state index is -0.143. The number of esters is 1. The van der Waals surface area contributed by atoms with E-state index in [-0.39, 0.29) is 17.6 Å². The second kappa shape index (κ2) is 6.42. The summed E-state index contributed by atoms with van der Waals surface area (Å²) in [4.78, 5) is 11.6. The van der Waals surface area contributed by atoms with E-state index in [2.05, 4.69) is 0 Å². The minimum Gasteiger partial charge on any atom is -0.507 e. The number of hydrogen-bond acceptors (Lipinski definition) is 3. The molecule has 3 nitrogen and oxygen atoms in total. The van der Waals surface area contributed by atoms with Crippen molar-refractivity contribution in [3.05, 3.63) is 42.0 Å². The molecule has 0 fully saturated rings. The predicted octanol–water partition coefficient (Wildman–Crippen LogP) is 3.68. The van der Waals surface area contributed by atoms with Crippen molar-refractivity contribution in [1.29, 1.82) is 0 Å². The average molecular weight is 272 g/mol. The molecule has 2 aromatic rings. The van der Waals surface area contributed by atoms with Crippen LogP contribution >= 0.6 is 0 Å². The first-order valence-corrected chi connectivity index (χ1v) is 6.99. The molecule has 0 amide bonds. The van der Waals surface area contributed by atoms with E-state index in [1.807, 2.05) is 44.2 Å². The van der Waals surface area contributed by atoms with Gasteiger partial charge >= 0.3 is 5.97 Å². The lowest BCUT2D eigenvalue weighted by molar-refractivity contribution is -0.147. The van der Waals surface area contributed by atoms with E-state index in [9.17, 15) is 9.90 Å². The van der Waals surface area contributed by atoms with Gasteiger partial charge in [-0.1, -0.05) is 44.2 Å². The molecule has 0 aromatic heterocycles. The maximum atomic E-state index is 11.6. The van der Waals surface area contributed by atoms with Crippen LogP contribution in [0.25, 0.3) is 10.8 Å². The number of fused-ring (bicyclic) bond motifs is 1. The number of carbonyl (C=O) groups is 1. The molecule has 106 valence electrons. The molecule has 3 heteroatoms. The highest BCUT2D eigenvalue weighted by molar-refractivity contribution is 5.90. The van der Waals surface area contributed by atoms with Crippen LogP contribution in [0.4, 0.5) is 0 Å². The van der Waals surface area contributed by atoms with Gasteiger partial charge in [-0.2, -0.15) is 0 Å². The van der Waals surface area contributed by atoms with Gasteiger partial charge in [0.25, 0.3) is 0 Å². The molecule has 0 aliphatic rings. The monoisotopic (exact) mass is 272 g/mol. The highest BCUT2D eigenvalue weighted by atomic mass is 16.5. The maximum Gasteiger partial charge on any atom is 0.308 e. The average Bonchev–Trinajstić information content (AvgIpc) is 2.49. The molecule has 1 N–H and O–H groups in total. The zero-order valence-corrected chi connectivity index (χ0v) is 11.9. The van der Waals surface area contributed by atoms with Crippen LogP contribution in [0.3, 0.4) is 0 Å². The molecular weight excluding hydrogens is 252 g/mol. The van der Waals surface area contributed by atoms with Gasteiger partial charge in [-0.15, -0.1) is 0 Å². The van der Waals surface area contributed by atoms with Gasteiger partial charge in [0.05, 0.1) is 12.5 Å². The maximum absolute atomic E-state index is 11.6. The second-order valence-corrected chi connectivity index (χ2v) is 5.02. The van der Waals surface area contributed by atoms with Gasteiger partial charge in [-0.25, -0.2) is 0 Å². The van der Waals surface area contributed by atoms with Crippen molar-refractivity contribution in [2.45, 2.75) is 26.7 Å². The minimum absolute atomic E-state index is 0.0495. The molecule has 20 heavy (non-hydrogen) atoms. The van der Waals surface area contributed by atoms with Crippen molar-refractivity contribution in [2.75, 3.05) is 6.61 Å². The fourth-order valence-electron chi connectivity index (χ4n) is 2.13. The molecule has 2 aromatic carbocycles. The van der Waals surface area contributed by atoms with E-state index >= 15 is 0 Å². The van der Waals surface area contributed by atoms with E-state index in [1.165, 1.54) is 0 Å². The van der Waals surface area contributed by atoms with Crippen molar-refractivity contribution >= 4 is 16.7 Å². The molecule has 2 rings (SSSR count). The Bertz CT molecular complexity index is 604. The number of ether oxygens (including phenoxy) is 1. The Kier molecular flexibility index (Phi) is 4.61. The molecule has 0 bridgehead atoms. The Labute approximate surface area is 119 Å². The summed E-state index contributed by atoms with van der Waals surface area (Å²) in [5, 5.41) is 11.7. The third kappa shape index (κ3) is 3.10. The van der Waals surface area contributed by atoms with Crippen LogP contribution in [0, 0.1) is 5.92 Å². The molecule has 0 heterocycles. The number of phenolic OH excluding ortho intramolecular Hbond substituents is 1. The number of carbonyl (C=O) groups excluding carboxylic acids is 1. The van der Waals surface area contributed by atoms with Crippen molar-refractivity contribution in [3.63, 3.8) is 0 Å². The van der Waals surface area contributed by atoms with E-state index in [0.717, 1.165) is 22.8 Å². The quantitative estimate of drug-likeness (QED) is 0.845. The van der Waals surface area contributed by atoms with Crippen LogP contribution in [-0.2, 0) is 16.0 Å². The molecule has 1 unspecified atom stereocenters. The predicted molar refractivity (Wildman–Crippen MR) is 79.7 cm³/mol. The lowest BCUT2D eigenvalue weighted by Crippen LogP contribution is -2.15. The van der Waals surface area contributed by atoms with Gasteiger partial charge in [0.15, 0.2) is 0 Å². The largest absolute Gasteiger partial charge is 0.507 e. The first-order valence-electron chi connectivity index (χ1n) is 6.99. The Hall–Kier alpha value is -2.03. The van der Waals surface area contributed by atoms with Crippen molar-refractivity contribution in [3.8, 4) is 5.75 Å². The summed E-state index contributed by atoms with van der Waals surface area (Å²) >= 11 is 0. The Morgan fingerprint density at radius 2 is 1.90 bits per heavy atom. The highest BCUT2D eigenvalue weighted by Crippen LogP contribution is 2.27. The zero-order chi connectivity index (χ0) is 14.5. The molecule has 0 saturated carbocycles. The number of phenols is 1. The Morgan fingerprint density at radius 3 is 2.60 bits per heavy atom. The zero-order valence-electron chi connectivity index (χ0n) is 11.9. The number of benzene rings is 2. The molecule has 0 saturated heterocycles. The number of hydrogen-bond donors (Lipinski definition) is 1. The first-order chi connectivity index (χ1) is 9.63. The Morgan fingerprint density at radius 1 is 1.20 bits per heavy atom. The van der Waals surface area contributed by atoms with E-state index in [1.54, 1.807) is 6.07 Å². The van der Waals surface area contributed by atoms with Gasteiger partial charge in [-0.05, 0) is 23.4 Å². The lowest BCUT2D eigenvalue weighted by atomic mass is 10.0. The van der Waals surface area contributed by atoms with Gasteiger partial charge in [-0.3, -0.25) is 4.79 Å². The standard InChI is InChI=1S/C17H20O3/c1-3-12(2)17(19)20-11-10-13-8-9-16(18)15-7-5-4-6-14(13)15/h4-9,12,18H,3,10-11H2,1-2H3. The van der Waals surface area contributed by atoms with Gasteiger partial charge < -0.3 is 9.84 Å². The fourth-order valence-corrected chi connectivity index (χ4v) is 2.13. The van der Waals surface area contributed by atoms with Crippen molar-refractivity contribution in [1.82, 2.24) is 0 Å². The van der Waals surface area contributed by atoms with Gasteiger partial charge in [0.2, 0.25) is 0 Å². The summed E-state index contributed by atoms with van der Waals surface area (Å²) in [7, 11) is 0. The fraction of sp³-hybridized carbons (Fsp3) is 0.353. The van der Waals surface area contributed by atoms with Crippen LogP contribution in [0.1, 0.15) is 25.8 Å². The van der Waals surface area contributed by atoms with Crippen LogP contribution in [0.2, 0.25) is 0 Å². The topological polar surface area (TPSA) is 46.5 Å². The molecule has 0 spiro atoms. The summed E-state index contributed by atoms with van der Waals surface area (Å²) in [6.45, 7) is 4.22. The molecule has 0 aliphatic carbocycles. The van der Waals surface area contributed by atoms with Crippen LogP contribution < -0.4 is 0 Å². The van der Waals surface area contributed by atoms with Crippen LogP contribution in [0.5, 0.6) is 5.75 Å².